The highest BCUT2D eigenvalue weighted by Gasteiger charge is 2.28. The van der Waals surface area contributed by atoms with Crippen molar-refractivity contribution >= 4 is 21.8 Å². The molecule has 0 spiro atoms. The molecule has 0 fully saturated rings. The third-order valence-electron chi connectivity index (χ3n) is 5.32. The number of aromatic amines is 2. The Balaban J connectivity index is 1.47. The first-order valence-corrected chi connectivity index (χ1v) is 9.06. The van der Waals surface area contributed by atoms with E-state index in [1.165, 1.54) is 6.07 Å². The summed E-state index contributed by atoms with van der Waals surface area (Å²) in [6.45, 7) is 0.429. The molecule has 0 saturated carbocycles. The molecule has 0 saturated heterocycles. The molecule has 0 amide bonds. The molecule has 1 atom stereocenters. The Morgan fingerprint density at radius 3 is 2.81 bits per heavy atom. The second-order valence-electron chi connectivity index (χ2n) is 6.95. The van der Waals surface area contributed by atoms with Gasteiger partial charge in [-0.05, 0) is 42.2 Å². The Hall–Kier alpha value is -3.18. The van der Waals surface area contributed by atoms with Crippen LogP contribution in [0.1, 0.15) is 29.2 Å². The van der Waals surface area contributed by atoms with Crippen LogP contribution in [0.4, 0.5) is 0 Å². The molecule has 5 nitrogen and oxygen atoms in total. The van der Waals surface area contributed by atoms with Crippen LogP contribution in [-0.2, 0) is 17.8 Å². The van der Waals surface area contributed by atoms with Crippen LogP contribution in [0, 0.1) is 0 Å². The van der Waals surface area contributed by atoms with Crippen molar-refractivity contribution in [2.75, 3.05) is 0 Å². The van der Waals surface area contributed by atoms with Gasteiger partial charge in [-0.1, -0.05) is 24.3 Å². The molecule has 2 N–H and O–H groups in total. The van der Waals surface area contributed by atoms with Crippen LogP contribution in [0.15, 0.2) is 64.3 Å². The van der Waals surface area contributed by atoms with Gasteiger partial charge in [0.15, 0.2) is 5.43 Å². The van der Waals surface area contributed by atoms with E-state index in [1.807, 2.05) is 42.5 Å². The van der Waals surface area contributed by atoms with Gasteiger partial charge in [-0.3, -0.25) is 9.59 Å². The summed E-state index contributed by atoms with van der Waals surface area (Å²) in [6.07, 6.45) is 3.08. The number of para-hydroxylation sites is 1. The Labute approximate surface area is 154 Å². The summed E-state index contributed by atoms with van der Waals surface area (Å²) in [5, 5.41) is 1.72. The number of hydrogen-bond donors (Lipinski definition) is 2. The molecule has 1 aliphatic rings. The number of ether oxygens (including phenoxy) is 1. The molecule has 0 bridgehead atoms. The predicted octanol–water partition coefficient (Wildman–Crippen LogP) is 3.57. The summed E-state index contributed by atoms with van der Waals surface area (Å²) in [5.41, 5.74) is 4.49. The van der Waals surface area contributed by atoms with E-state index in [-0.39, 0.29) is 17.1 Å². The Morgan fingerprint density at radius 2 is 1.89 bits per heavy atom. The van der Waals surface area contributed by atoms with Gasteiger partial charge in [-0.2, -0.15) is 0 Å². The van der Waals surface area contributed by atoms with Gasteiger partial charge in [0.25, 0.3) is 5.56 Å². The molecule has 1 aliphatic carbocycles. The lowest BCUT2D eigenvalue weighted by Gasteiger charge is -2.15. The van der Waals surface area contributed by atoms with E-state index in [0.717, 1.165) is 46.0 Å². The lowest BCUT2D eigenvalue weighted by molar-refractivity contribution is 0.0419. The lowest BCUT2D eigenvalue weighted by Crippen LogP contribution is -2.13. The normalized spacial score (nSPS) is 16.1. The van der Waals surface area contributed by atoms with Crippen molar-refractivity contribution < 1.29 is 4.74 Å². The van der Waals surface area contributed by atoms with E-state index in [4.69, 9.17) is 4.74 Å². The first-order valence-electron chi connectivity index (χ1n) is 9.06. The van der Waals surface area contributed by atoms with Gasteiger partial charge in [0, 0.05) is 39.6 Å². The highest BCUT2D eigenvalue weighted by atomic mass is 16.5. The zero-order chi connectivity index (χ0) is 18.4. The number of fused-ring (bicyclic) bond motifs is 4. The molecule has 4 aromatic rings. The quantitative estimate of drug-likeness (QED) is 0.588. The van der Waals surface area contributed by atoms with Crippen LogP contribution in [0.5, 0.6) is 0 Å². The minimum atomic E-state index is -0.0993. The number of benzene rings is 2. The smallest absolute Gasteiger partial charge is 0.251 e. The van der Waals surface area contributed by atoms with E-state index in [9.17, 15) is 9.59 Å². The maximum atomic E-state index is 12.4. The van der Waals surface area contributed by atoms with E-state index < -0.39 is 0 Å². The summed E-state index contributed by atoms with van der Waals surface area (Å²) in [7, 11) is 0. The molecule has 0 radical (unpaired) electrons. The number of H-pyrrole nitrogens is 2. The summed E-state index contributed by atoms with van der Waals surface area (Å²) < 4.78 is 6.21. The second kappa shape index (κ2) is 6.21. The second-order valence-corrected chi connectivity index (χ2v) is 6.95. The molecular formula is C22H18N2O3. The van der Waals surface area contributed by atoms with Gasteiger partial charge in [-0.25, -0.2) is 0 Å². The molecule has 5 heteroatoms. The van der Waals surface area contributed by atoms with Crippen molar-refractivity contribution in [1.29, 1.82) is 0 Å². The zero-order valence-electron chi connectivity index (χ0n) is 14.6. The minimum absolute atomic E-state index is 0.00614. The third-order valence-corrected chi connectivity index (χ3v) is 5.32. The lowest BCUT2D eigenvalue weighted by atomic mass is 10.0. The molecule has 2 heterocycles. The van der Waals surface area contributed by atoms with Crippen molar-refractivity contribution in [3.63, 3.8) is 0 Å². The van der Waals surface area contributed by atoms with Crippen molar-refractivity contribution in [1.82, 2.24) is 9.97 Å². The first kappa shape index (κ1) is 16.0. The zero-order valence-corrected chi connectivity index (χ0v) is 14.6. The molecule has 1 unspecified atom stereocenters. The summed E-state index contributed by atoms with van der Waals surface area (Å²) in [4.78, 5) is 30.3. The molecule has 2 aromatic carbocycles. The Kier molecular flexibility index (Phi) is 3.69. The van der Waals surface area contributed by atoms with E-state index >= 15 is 0 Å². The van der Waals surface area contributed by atoms with Crippen LogP contribution >= 0.6 is 0 Å². The van der Waals surface area contributed by atoms with E-state index in [0.29, 0.717) is 12.0 Å². The van der Waals surface area contributed by atoms with Gasteiger partial charge in [-0.15, -0.1) is 0 Å². The van der Waals surface area contributed by atoms with E-state index in [2.05, 4.69) is 9.97 Å². The van der Waals surface area contributed by atoms with Gasteiger partial charge < -0.3 is 14.7 Å². The average molecular weight is 358 g/mol. The maximum Gasteiger partial charge on any atom is 0.251 e. The van der Waals surface area contributed by atoms with Gasteiger partial charge in [0.05, 0.1) is 12.7 Å². The SMILES string of the molecule is O=c1[nH]c2ccccc2c2c1CCC2OCc1ccc2c(=O)cc[nH]c2c1. The number of rotatable bonds is 3. The largest absolute Gasteiger partial charge is 0.369 e. The number of nitrogens with one attached hydrogen (secondary N) is 2. The Bertz CT molecular complexity index is 1290. The molecular weight excluding hydrogens is 340 g/mol. The monoisotopic (exact) mass is 358 g/mol. The summed E-state index contributed by atoms with van der Waals surface area (Å²) in [5.74, 6) is 0. The van der Waals surface area contributed by atoms with Crippen molar-refractivity contribution in [2.24, 2.45) is 0 Å². The number of hydrogen-bond acceptors (Lipinski definition) is 3. The average Bonchev–Trinajstić information content (AvgIpc) is 3.12. The molecule has 0 aliphatic heterocycles. The van der Waals surface area contributed by atoms with Crippen molar-refractivity contribution in [3.05, 3.63) is 92.0 Å². The molecule has 5 rings (SSSR count). The van der Waals surface area contributed by atoms with Gasteiger partial charge in [0.1, 0.15) is 0 Å². The number of pyridine rings is 2. The standard InChI is InChI=1S/C22H18N2O3/c25-19-9-10-23-18-11-13(5-6-14(18)19)12-27-20-8-7-16-21(20)15-3-1-2-4-17(15)24-22(16)26/h1-6,9-11,20H,7-8,12H2,(H,23,25)(H,24,26). The van der Waals surface area contributed by atoms with Gasteiger partial charge >= 0.3 is 0 Å². The van der Waals surface area contributed by atoms with Crippen LogP contribution in [0.25, 0.3) is 21.8 Å². The topological polar surface area (TPSA) is 75.0 Å². The van der Waals surface area contributed by atoms with Crippen LogP contribution in [-0.4, -0.2) is 9.97 Å². The fraction of sp³-hybridized carbons (Fsp3) is 0.182. The summed E-state index contributed by atoms with van der Waals surface area (Å²) >= 11 is 0. The maximum absolute atomic E-state index is 12.4. The minimum Gasteiger partial charge on any atom is -0.369 e. The van der Waals surface area contributed by atoms with Gasteiger partial charge in [0.2, 0.25) is 0 Å². The Morgan fingerprint density at radius 1 is 1.00 bits per heavy atom. The fourth-order valence-electron chi connectivity index (χ4n) is 4.02. The number of aromatic nitrogens is 2. The highest BCUT2D eigenvalue weighted by molar-refractivity contribution is 5.84. The van der Waals surface area contributed by atoms with Crippen molar-refractivity contribution in [2.45, 2.75) is 25.6 Å². The predicted molar refractivity (Wildman–Crippen MR) is 105 cm³/mol. The molecule has 134 valence electrons. The highest BCUT2D eigenvalue weighted by Crippen LogP contribution is 2.37. The summed E-state index contributed by atoms with van der Waals surface area (Å²) in [6, 6.07) is 15.1. The first-order chi connectivity index (χ1) is 13.2. The van der Waals surface area contributed by atoms with Crippen LogP contribution in [0.3, 0.4) is 0 Å². The van der Waals surface area contributed by atoms with E-state index in [1.54, 1.807) is 6.20 Å². The third kappa shape index (κ3) is 2.67. The van der Waals surface area contributed by atoms with Crippen LogP contribution < -0.4 is 11.0 Å². The van der Waals surface area contributed by atoms with Crippen LogP contribution in [0.2, 0.25) is 0 Å². The molecule has 2 aromatic heterocycles. The fourth-order valence-corrected chi connectivity index (χ4v) is 4.02. The van der Waals surface area contributed by atoms with Crippen molar-refractivity contribution in [3.8, 4) is 0 Å². The molecule has 27 heavy (non-hydrogen) atoms.